The monoisotopic (exact) mass is 244 g/mol. The van der Waals surface area contributed by atoms with Gasteiger partial charge in [-0.15, -0.1) is 0 Å². The number of hydrogen-bond acceptors (Lipinski definition) is 2. The number of hydrogen-bond donors (Lipinski definition) is 1. The first-order chi connectivity index (χ1) is 6.96. The molecule has 1 heterocycles. The number of nitrogens with two attached hydrogens (primary N) is 1. The number of pyridine rings is 1. The average Bonchev–Trinajstić information content (AvgIpc) is 2.66. The van der Waals surface area contributed by atoms with Crippen LogP contribution in [0.15, 0.2) is 12.1 Å². The molecule has 0 aromatic carbocycles. The molecule has 15 heavy (non-hydrogen) atoms. The molecule has 2 rings (SSSR count). The first kappa shape index (κ1) is 11.2. The van der Waals surface area contributed by atoms with Crippen LogP contribution in [0.4, 0.5) is 0 Å². The lowest BCUT2D eigenvalue weighted by Gasteiger charge is -2.04. The van der Waals surface area contributed by atoms with Crippen molar-refractivity contribution in [1.29, 1.82) is 0 Å². The van der Waals surface area contributed by atoms with E-state index in [4.69, 9.17) is 28.9 Å². The topological polar surface area (TPSA) is 38.9 Å². The Morgan fingerprint density at radius 1 is 1.33 bits per heavy atom. The van der Waals surface area contributed by atoms with Gasteiger partial charge in [0.1, 0.15) is 10.3 Å². The molecule has 82 valence electrons. The Hall–Kier alpha value is -0.310. The standard InChI is InChI=1S/C11H14Cl2N2/c1-11(2)7(5-14)10(11)6-3-8(12)15-9(13)4-6/h3-4,7,10H,5,14H2,1-2H3/t7-,10-/m0/s1. The fourth-order valence-corrected chi connectivity index (χ4v) is 2.99. The van der Waals surface area contributed by atoms with Gasteiger partial charge in [0.15, 0.2) is 0 Å². The molecule has 2 N–H and O–H groups in total. The minimum absolute atomic E-state index is 0.253. The van der Waals surface area contributed by atoms with E-state index in [2.05, 4.69) is 18.8 Å². The van der Waals surface area contributed by atoms with Crippen LogP contribution in [0.25, 0.3) is 0 Å². The van der Waals surface area contributed by atoms with Crippen molar-refractivity contribution in [3.63, 3.8) is 0 Å². The number of nitrogens with zero attached hydrogens (tertiary/aromatic N) is 1. The van der Waals surface area contributed by atoms with Gasteiger partial charge < -0.3 is 5.73 Å². The molecule has 0 unspecified atom stereocenters. The van der Waals surface area contributed by atoms with Crippen LogP contribution in [0.1, 0.15) is 25.3 Å². The maximum Gasteiger partial charge on any atom is 0.131 e. The number of rotatable bonds is 2. The molecule has 4 heteroatoms. The Labute approximate surface area is 99.8 Å². The van der Waals surface area contributed by atoms with Gasteiger partial charge in [-0.3, -0.25) is 0 Å². The third-order valence-electron chi connectivity index (χ3n) is 3.45. The fourth-order valence-electron chi connectivity index (χ4n) is 2.51. The molecule has 0 spiro atoms. The van der Waals surface area contributed by atoms with Crippen molar-refractivity contribution in [2.24, 2.45) is 17.1 Å². The first-order valence-electron chi connectivity index (χ1n) is 5.00. The Bertz CT molecular complexity index is 370. The summed E-state index contributed by atoms with van der Waals surface area (Å²) in [6, 6.07) is 3.77. The highest BCUT2D eigenvalue weighted by molar-refractivity contribution is 6.32. The van der Waals surface area contributed by atoms with Crippen molar-refractivity contribution < 1.29 is 0 Å². The van der Waals surface area contributed by atoms with Crippen molar-refractivity contribution in [3.8, 4) is 0 Å². The van der Waals surface area contributed by atoms with E-state index < -0.39 is 0 Å². The lowest BCUT2D eigenvalue weighted by molar-refractivity contribution is 0.558. The predicted octanol–water partition coefficient (Wildman–Crippen LogP) is 3.09. The molecule has 0 bridgehead atoms. The maximum absolute atomic E-state index is 5.88. The van der Waals surface area contributed by atoms with Gasteiger partial charge in [-0.25, -0.2) is 4.98 Å². The average molecular weight is 245 g/mol. The molecule has 1 aliphatic rings. The molecular weight excluding hydrogens is 231 g/mol. The van der Waals surface area contributed by atoms with Crippen molar-refractivity contribution in [1.82, 2.24) is 4.98 Å². The summed E-state index contributed by atoms with van der Waals surface area (Å²) in [5.74, 6) is 0.979. The van der Waals surface area contributed by atoms with Crippen LogP contribution in [0.3, 0.4) is 0 Å². The summed E-state index contributed by atoms with van der Waals surface area (Å²) in [4.78, 5) is 3.94. The number of aromatic nitrogens is 1. The molecular formula is C11H14Cl2N2. The summed E-state index contributed by atoms with van der Waals surface area (Å²) in [6.45, 7) is 5.14. The molecule has 1 saturated carbocycles. The zero-order chi connectivity index (χ0) is 11.2. The van der Waals surface area contributed by atoms with Gasteiger partial charge in [0.05, 0.1) is 0 Å². The second-order valence-electron chi connectivity index (χ2n) is 4.69. The van der Waals surface area contributed by atoms with Crippen molar-refractivity contribution in [2.45, 2.75) is 19.8 Å². The van der Waals surface area contributed by atoms with Gasteiger partial charge in [0.2, 0.25) is 0 Å². The highest BCUT2D eigenvalue weighted by atomic mass is 35.5. The van der Waals surface area contributed by atoms with E-state index in [1.165, 1.54) is 0 Å². The van der Waals surface area contributed by atoms with Crippen LogP contribution < -0.4 is 5.73 Å². The number of halogens is 2. The van der Waals surface area contributed by atoms with Gasteiger partial charge in [-0.05, 0) is 41.5 Å². The van der Waals surface area contributed by atoms with Gasteiger partial charge in [-0.2, -0.15) is 0 Å². The van der Waals surface area contributed by atoms with E-state index in [0.717, 1.165) is 5.56 Å². The lowest BCUT2D eigenvalue weighted by Crippen LogP contribution is -2.05. The Morgan fingerprint density at radius 3 is 2.27 bits per heavy atom. The molecule has 0 amide bonds. The maximum atomic E-state index is 5.88. The molecule has 2 atom stereocenters. The van der Waals surface area contributed by atoms with Crippen LogP contribution in [0, 0.1) is 11.3 Å². The zero-order valence-electron chi connectivity index (χ0n) is 8.80. The molecule has 1 aromatic heterocycles. The van der Waals surface area contributed by atoms with Gasteiger partial charge in [0, 0.05) is 0 Å². The fraction of sp³-hybridized carbons (Fsp3) is 0.545. The second kappa shape index (κ2) is 3.62. The summed E-state index contributed by atoms with van der Waals surface area (Å²) >= 11 is 11.8. The second-order valence-corrected chi connectivity index (χ2v) is 5.46. The van der Waals surface area contributed by atoms with Crippen LogP contribution in [0.2, 0.25) is 10.3 Å². The summed E-state index contributed by atoms with van der Waals surface area (Å²) in [7, 11) is 0. The molecule has 0 radical (unpaired) electrons. The molecule has 1 fully saturated rings. The largest absolute Gasteiger partial charge is 0.330 e. The van der Waals surface area contributed by atoms with E-state index in [1.807, 2.05) is 12.1 Å². The minimum Gasteiger partial charge on any atom is -0.330 e. The van der Waals surface area contributed by atoms with Gasteiger partial charge in [0.25, 0.3) is 0 Å². The zero-order valence-corrected chi connectivity index (χ0v) is 10.3. The lowest BCUT2D eigenvalue weighted by atomic mass is 10.0. The van der Waals surface area contributed by atoms with Crippen LogP contribution in [0.5, 0.6) is 0 Å². The molecule has 2 nitrogen and oxygen atoms in total. The summed E-state index contributed by atoms with van der Waals surface area (Å²) in [5, 5.41) is 0.909. The van der Waals surface area contributed by atoms with Crippen LogP contribution in [-0.2, 0) is 0 Å². The molecule has 0 saturated heterocycles. The molecule has 1 aliphatic carbocycles. The third-order valence-corrected chi connectivity index (χ3v) is 3.84. The highest BCUT2D eigenvalue weighted by Gasteiger charge is 2.57. The highest BCUT2D eigenvalue weighted by Crippen LogP contribution is 2.64. The van der Waals surface area contributed by atoms with Gasteiger partial charge >= 0.3 is 0 Å². The van der Waals surface area contributed by atoms with E-state index in [-0.39, 0.29) is 5.41 Å². The molecule has 0 aliphatic heterocycles. The van der Waals surface area contributed by atoms with Gasteiger partial charge in [-0.1, -0.05) is 37.0 Å². The van der Waals surface area contributed by atoms with E-state index >= 15 is 0 Å². The Kier molecular flexibility index (Phi) is 2.70. The minimum atomic E-state index is 0.253. The first-order valence-corrected chi connectivity index (χ1v) is 5.75. The third kappa shape index (κ3) is 1.86. The van der Waals surface area contributed by atoms with Crippen molar-refractivity contribution in [3.05, 3.63) is 28.0 Å². The van der Waals surface area contributed by atoms with Crippen LogP contribution >= 0.6 is 23.2 Å². The SMILES string of the molecule is CC1(C)[C@@H](CN)[C@@H]1c1cc(Cl)nc(Cl)c1. The quantitative estimate of drug-likeness (QED) is 0.813. The van der Waals surface area contributed by atoms with E-state index in [0.29, 0.717) is 28.7 Å². The van der Waals surface area contributed by atoms with Crippen molar-refractivity contribution >= 4 is 23.2 Å². The Balaban J connectivity index is 2.32. The summed E-state index contributed by atoms with van der Waals surface area (Å²) in [6.07, 6.45) is 0. The summed E-state index contributed by atoms with van der Waals surface area (Å²) < 4.78 is 0. The normalized spacial score (nSPS) is 27.8. The Morgan fingerprint density at radius 2 is 1.87 bits per heavy atom. The molecule has 1 aromatic rings. The van der Waals surface area contributed by atoms with E-state index in [9.17, 15) is 0 Å². The van der Waals surface area contributed by atoms with E-state index in [1.54, 1.807) is 0 Å². The van der Waals surface area contributed by atoms with Crippen molar-refractivity contribution in [2.75, 3.05) is 6.54 Å². The summed E-state index contributed by atoms with van der Waals surface area (Å²) in [5.41, 5.74) is 7.14. The van der Waals surface area contributed by atoms with Crippen LogP contribution in [-0.4, -0.2) is 11.5 Å². The smallest absolute Gasteiger partial charge is 0.131 e. The predicted molar refractivity (Wildman–Crippen MR) is 63.3 cm³/mol.